The highest BCUT2D eigenvalue weighted by molar-refractivity contribution is 9.10. The van der Waals surface area contributed by atoms with Gasteiger partial charge in [-0.25, -0.2) is 0 Å². The van der Waals surface area contributed by atoms with E-state index >= 15 is 0 Å². The molecule has 1 aliphatic rings. The van der Waals surface area contributed by atoms with E-state index in [9.17, 15) is 0 Å². The summed E-state index contributed by atoms with van der Waals surface area (Å²) < 4.78 is 6.46. The van der Waals surface area contributed by atoms with E-state index in [-0.39, 0.29) is 6.61 Å². The molecule has 4 nitrogen and oxygen atoms in total. The van der Waals surface area contributed by atoms with Crippen molar-refractivity contribution in [1.29, 1.82) is 0 Å². The molecule has 140 valence electrons. The van der Waals surface area contributed by atoms with Crippen molar-refractivity contribution in [3.63, 3.8) is 0 Å². The average molecular weight is 419 g/mol. The molecule has 0 radical (unpaired) electrons. The van der Waals surface area contributed by atoms with Crippen LogP contribution in [-0.2, 0) is 11.3 Å². The predicted octanol–water partition coefficient (Wildman–Crippen LogP) is 3.24. The van der Waals surface area contributed by atoms with Crippen LogP contribution in [0.15, 0.2) is 53.0 Å². The van der Waals surface area contributed by atoms with Crippen LogP contribution < -0.4 is 0 Å². The fourth-order valence-corrected chi connectivity index (χ4v) is 3.50. The third-order valence-corrected chi connectivity index (χ3v) is 5.32. The molecule has 26 heavy (non-hydrogen) atoms. The van der Waals surface area contributed by atoms with Gasteiger partial charge in [0.15, 0.2) is 0 Å². The standard InChI is InChI=1S/C21H27BrN2O2/c22-21-7-5-20(6-8-21)19-3-1-18(2-4-19)17-24-11-9-23(10-12-24)13-15-26-16-14-25/h1-8,25H,9-17H2. The number of hydrogen-bond donors (Lipinski definition) is 1. The molecule has 0 saturated carbocycles. The molecule has 2 aromatic rings. The van der Waals surface area contributed by atoms with Gasteiger partial charge in [0.25, 0.3) is 0 Å². The molecule has 5 heteroatoms. The second-order valence-electron chi connectivity index (χ2n) is 6.66. The molecule has 0 bridgehead atoms. The molecule has 1 saturated heterocycles. The lowest BCUT2D eigenvalue weighted by atomic mass is 10.0. The minimum absolute atomic E-state index is 0.106. The van der Waals surface area contributed by atoms with Crippen LogP contribution in [0.5, 0.6) is 0 Å². The first kappa shape index (κ1) is 19.5. The third-order valence-electron chi connectivity index (χ3n) is 4.79. The Balaban J connectivity index is 1.44. The van der Waals surface area contributed by atoms with Crippen molar-refractivity contribution in [1.82, 2.24) is 9.80 Å². The highest BCUT2D eigenvalue weighted by atomic mass is 79.9. The number of ether oxygens (including phenoxy) is 1. The Hall–Kier alpha value is -1.24. The van der Waals surface area contributed by atoms with Gasteiger partial charge in [-0.15, -0.1) is 0 Å². The zero-order chi connectivity index (χ0) is 18.2. The molecular weight excluding hydrogens is 392 g/mol. The van der Waals surface area contributed by atoms with Gasteiger partial charge in [-0.3, -0.25) is 9.80 Å². The second-order valence-corrected chi connectivity index (χ2v) is 7.57. The molecule has 3 rings (SSSR count). The summed E-state index contributed by atoms with van der Waals surface area (Å²) in [5.74, 6) is 0. The first-order valence-electron chi connectivity index (χ1n) is 9.23. The van der Waals surface area contributed by atoms with Crippen molar-refractivity contribution in [3.8, 4) is 11.1 Å². The fraction of sp³-hybridized carbons (Fsp3) is 0.429. The van der Waals surface area contributed by atoms with Crippen molar-refractivity contribution < 1.29 is 9.84 Å². The van der Waals surface area contributed by atoms with Crippen molar-refractivity contribution in [3.05, 3.63) is 58.6 Å². The molecular formula is C21H27BrN2O2. The maximum Gasteiger partial charge on any atom is 0.0698 e. The van der Waals surface area contributed by atoms with Crippen LogP contribution in [0.1, 0.15) is 5.56 Å². The molecule has 0 aliphatic carbocycles. The van der Waals surface area contributed by atoms with E-state index in [1.54, 1.807) is 0 Å². The van der Waals surface area contributed by atoms with Crippen LogP contribution >= 0.6 is 15.9 Å². The average Bonchev–Trinajstić information content (AvgIpc) is 2.68. The Morgan fingerprint density at radius 3 is 2.00 bits per heavy atom. The first-order valence-corrected chi connectivity index (χ1v) is 10.0. The Bertz CT molecular complexity index is 653. The molecule has 0 unspecified atom stereocenters. The van der Waals surface area contributed by atoms with Gasteiger partial charge in [0.2, 0.25) is 0 Å². The quantitative estimate of drug-likeness (QED) is 0.667. The SMILES string of the molecule is OCCOCCN1CCN(Cc2ccc(-c3ccc(Br)cc3)cc2)CC1. The summed E-state index contributed by atoms with van der Waals surface area (Å²) in [5.41, 5.74) is 3.87. The van der Waals surface area contributed by atoms with E-state index in [1.165, 1.54) is 16.7 Å². The number of nitrogens with zero attached hydrogens (tertiary/aromatic N) is 2. The van der Waals surface area contributed by atoms with Gasteiger partial charge in [0.05, 0.1) is 19.8 Å². The lowest BCUT2D eigenvalue weighted by Crippen LogP contribution is -2.46. The monoisotopic (exact) mass is 418 g/mol. The number of benzene rings is 2. The fourth-order valence-electron chi connectivity index (χ4n) is 3.23. The smallest absolute Gasteiger partial charge is 0.0698 e. The first-order chi connectivity index (χ1) is 12.7. The van der Waals surface area contributed by atoms with E-state index in [0.29, 0.717) is 13.2 Å². The summed E-state index contributed by atoms with van der Waals surface area (Å²) in [6.45, 7) is 7.57. The van der Waals surface area contributed by atoms with Gasteiger partial charge in [0, 0.05) is 43.7 Å². The number of halogens is 1. The zero-order valence-corrected chi connectivity index (χ0v) is 16.7. The molecule has 2 aromatic carbocycles. The van der Waals surface area contributed by atoms with Crippen molar-refractivity contribution >= 4 is 15.9 Å². The highest BCUT2D eigenvalue weighted by Gasteiger charge is 2.16. The van der Waals surface area contributed by atoms with E-state index in [2.05, 4.69) is 74.3 Å². The number of aliphatic hydroxyl groups is 1. The molecule has 0 spiro atoms. The van der Waals surface area contributed by atoms with Gasteiger partial charge in [-0.2, -0.15) is 0 Å². The van der Waals surface area contributed by atoms with E-state index < -0.39 is 0 Å². The van der Waals surface area contributed by atoms with E-state index in [0.717, 1.165) is 43.7 Å². The Morgan fingerprint density at radius 2 is 1.38 bits per heavy atom. The number of hydrogen-bond acceptors (Lipinski definition) is 4. The van der Waals surface area contributed by atoms with Crippen LogP contribution in [-0.4, -0.2) is 67.5 Å². The lowest BCUT2D eigenvalue weighted by Gasteiger charge is -2.34. The Morgan fingerprint density at radius 1 is 0.808 bits per heavy atom. The summed E-state index contributed by atoms with van der Waals surface area (Å²) in [4.78, 5) is 4.95. The normalized spacial score (nSPS) is 16.1. The van der Waals surface area contributed by atoms with Crippen molar-refractivity contribution in [2.24, 2.45) is 0 Å². The number of rotatable bonds is 8. The maximum atomic E-state index is 8.72. The van der Waals surface area contributed by atoms with Gasteiger partial charge in [-0.1, -0.05) is 52.3 Å². The van der Waals surface area contributed by atoms with Crippen molar-refractivity contribution in [2.75, 3.05) is 52.5 Å². The van der Waals surface area contributed by atoms with Crippen LogP contribution in [0.4, 0.5) is 0 Å². The van der Waals surface area contributed by atoms with E-state index in [1.807, 2.05) is 0 Å². The van der Waals surface area contributed by atoms with Gasteiger partial charge in [0.1, 0.15) is 0 Å². The minimum Gasteiger partial charge on any atom is -0.394 e. The maximum absolute atomic E-state index is 8.72. The summed E-state index contributed by atoms with van der Waals surface area (Å²) in [6, 6.07) is 17.4. The molecule has 1 heterocycles. The minimum atomic E-state index is 0.106. The molecule has 1 N–H and O–H groups in total. The van der Waals surface area contributed by atoms with Crippen molar-refractivity contribution in [2.45, 2.75) is 6.54 Å². The van der Waals surface area contributed by atoms with Gasteiger partial charge < -0.3 is 9.84 Å². The number of piperazine rings is 1. The second kappa shape index (κ2) is 10.2. The third kappa shape index (κ3) is 5.89. The molecule has 0 atom stereocenters. The van der Waals surface area contributed by atoms with Gasteiger partial charge in [-0.05, 0) is 28.8 Å². The molecule has 0 aromatic heterocycles. The Kier molecular flexibility index (Phi) is 7.65. The highest BCUT2D eigenvalue weighted by Crippen LogP contribution is 2.22. The van der Waals surface area contributed by atoms with Gasteiger partial charge >= 0.3 is 0 Å². The molecule has 1 fully saturated rings. The van der Waals surface area contributed by atoms with Crippen LogP contribution in [0.3, 0.4) is 0 Å². The van der Waals surface area contributed by atoms with Crippen LogP contribution in [0.25, 0.3) is 11.1 Å². The summed E-state index contributed by atoms with van der Waals surface area (Å²) in [5, 5.41) is 8.72. The number of aliphatic hydroxyl groups excluding tert-OH is 1. The summed E-state index contributed by atoms with van der Waals surface area (Å²) in [6.07, 6.45) is 0. The topological polar surface area (TPSA) is 35.9 Å². The van der Waals surface area contributed by atoms with Crippen LogP contribution in [0, 0.1) is 0 Å². The zero-order valence-electron chi connectivity index (χ0n) is 15.1. The molecule has 0 amide bonds. The predicted molar refractivity (Wildman–Crippen MR) is 109 cm³/mol. The van der Waals surface area contributed by atoms with Crippen LogP contribution in [0.2, 0.25) is 0 Å². The van der Waals surface area contributed by atoms with E-state index in [4.69, 9.17) is 9.84 Å². The largest absolute Gasteiger partial charge is 0.394 e. The summed E-state index contributed by atoms with van der Waals surface area (Å²) >= 11 is 3.48. The summed E-state index contributed by atoms with van der Waals surface area (Å²) in [7, 11) is 0. The lowest BCUT2D eigenvalue weighted by molar-refractivity contribution is 0.0564. The Labute approximate surface area is 164 Å². The molecule has 1 aliphatic heterocycles.